The van der Waals surface area contributed by atoms with Crippen molar-refractivity contribution in [3.63, 3.8) is 0 Å². The summed E-state index contributed by atoms with van der Waals surface area (Å²) in [5.41, 5.74) is -0.353. The van der Waals surface area contributed by atoms with Gasteiger partial charge in [0.15, 0.2) is 0 Å². The first-order valence-electron chi connectivity index (χ1n) is 7.80. The number of carbonyl (C=O) groups excluding carboxylic acids is 1. The van der Waals surface area contributed by atoms with E-state index in [1.165, 1.54) is 25.8 Å². The average molecular weight is 267 g/mol. The van der Waals surface area contributed by atoms with E-state index in [0.29, 0.717) is 11.9 Å². The number of likely N-dealkylation sites (N-methyl/N-ethyl adjacent to an activating group) is 1. The third kappa shape index (κ3) is 2.79. The predicted molar refractivity (Wildman–Crippen MR) is 77.9 cm³/mol. The summed E-state index contributed by atoms with van der Waals surface area (Å²) in [4.78, 5) is 17.2. The smallest absolute Gasteiger partial charge is 0.243 e. The number of rotatable bonds is 4. The molecule has 3 unspecified atom stereocenters. The summed E-state index contributed by atoms with van der Waals surface area (Å²) < 4.78 is 0. The molecule has 19 heavy (non-hydrogen) atoms. The van der Waals surface area contributed by atoms with Crippen LogP contribution in [0, 0.1) is 0 Å². The Kier molecular flexibility index (Phi) is 4.51. The van der Waals surface area contributed by atoms with Gasteiger partial charge in [0.1, 0.15) is 0 Å². The molecule has 2 fully saturated rings. The monoisotopic (exact) mass is 267 g/mol. The Hall–Kier alpha value is -0.610. The van der Waals surface area contributed by atoms with Crippen LogP contribution in [0.5, 0.6) is 0 Å². The molecule has 0 aromatic rings. The van der Waals surface area contributed by atoms with E-state index >= 15 is 0 Å². The van der Waals surface area contributed by atoms with Crippen molar-refractivity contribution in [3.8, 4) is 0 Å². The molecule has 1 amide bonds. The molecule has 1 N–H and O–H groups in total. The van der Waals surface area contributed by atoms with Gasteiger partial charge < -0.3 is 9.80 Å². The molecule has 4 heteroatoms. The second kappa shape index (κ2) is 5.80. The third-order valence-electron chi connectivity index (χ3n) is 5.02. The summed E-state index contributed by atoms with van der Waals surface area (Å²) in [5.74, 6) is 0.292. The lowest BCUT2D eigenvalue weighted by atomic mass is 9.98. The normalized spacial score (nSPS) is 37.1. The number of carbonyl (C=O) groups is 1. The summed E-state index contributed by atoms with van der Waals surface area (Å²) in [6, 6.07) is 0.535. The molecule has 3 atom stereocenters. The Morgan fingerprint density at radius 3 is 2.68 bits per heavy atom. The van der Waals surface area contributed by atoms with E-state index in [9.17, 15) is 4.79 Å². The van der Waals surface area contributed by atoms with Crippen LogP contribution in [0.15, 0.2) is 0 Å². The van der Waals surface area contributed by atoms with Crippen molar-refractivity contribution in [2.75, 3.05) is 20.1 Å². The maximum Gasteiger partial charge on any atom is 0.243 e. The highest BCUT2D eigenvalue weighted by molar-refractivity contribution is 5.88. The summed E-state index contributed by atoms with van der Waals surface area (Å²) in [7, 11) is 2.19. The summed E-state index contributed by atoms with van der Waals surface area (Å²) in [6.07, 6.45) is 5.87. The highest BCUT2D eigenvalue weighted by atomic mass is 16.2. The van der Waals surface area contributed by atoms with Crippen LogP contribution in [0.2, 0.25) is 0 Å². The highest BCUT2D eigenvalue weighted by Crippen LogP contribution is 2.27. The van der Waals surface area contributed by atoms with E-state index in [4.69, 9.17) is 0 Å². The van der Waals surface area contributed by atoms with Gasteiger partial charge in [0.05, 0.1) is 11.7 Å². The van der Waals surface area contributed by atoms with Crippen molar-refractivity contribution in [3.05, 3.63) is 0 Å². The Morgan fingerprint density at radius 1 is 1.37 bits per heavy atom. The molecule has 110 valence electrons. The van der Waals surface area contributed by atoms with Crippen LogP contribution in [0.3, 0.4) is 0 Å². The topological polar surface area (TPSA) is 35.6 Å². The van der Waals surface area contributed by atoms with Crippen LogP contribution in [0.1, 0.15) is 52.9 Å². The molecular weight excluding hydrogens is 238 g/mol. The lowest BCUT2D eigenvalue weighted by molar-refractivity contribution is -0.133. The first-order valence-corrected chi connectivity index (χ1v) is 7.80. The van der Waals surface area contributed by atoms with Crippen LogP contribution in [-0.2, 0) is 4.79 Å². The minimum absolute atomic E-state index is 0.216. The maximum atomic E-state index is 12.7. The van der Waals surface area contributed by atoms with Crippen LogP contribution in [-0.4, -0.2) is 53.6 Å². The number of likely N-dealkylation sites (tertiary alicyclic amines) is 1. The van der Waals surface area contributed by atoms with Gasteiger partial charge >= 0.3 is 0 Å². The van der Waals surface area contributed by atoms with Gasteiger partial charge in [-0.1, -0.05) is 20.3 Å². The van der Waals surface area contributed by atoms with Gasteiger partial charge in [-0.05, 0) is 46.2 Å². The van der Waals surface area contributed by atoms with E-state index in [0.717, 1.165) is 19.4 Å². The summed E-state index contributed by atoms with van der Waals surface area (Å²) in [5, 5.41) is 3.53. The van der Waals surface area contributed by atoms with Crippen molar-refractivity contribution in [2.45, 2.75) is 70.6 Å². The van der Waals surface area contributed by atoms with Gasteiger partial charge in [-0.2, -0.15) is 0 Å². The zero-order chi connectivity index (χ0) is 14.0. The molecule has 2 rings (SSSR count). The summed E-state index contributed by atoms with van der Waals surface area (Å²) >= 11 is 0. The van der Waals surface area contributed by atoms with Gasteiger partial charge in [-0.25, -0.2) is 0 Å². The van der Waals surface area contributed by atoms with Gasteiger partial charge in [0, 0.05) is 12.6 Å². The molecule has 0 aromatic heterocycles. The number of nitrogens with one attached hydrogen (secondary N) is 1. The molecule has 0 aromatic carbocycles. The largest absolute Gasteiger partial charge is 0.324 e. The zero-order valence-electron chi connectivity index (χ0n) is 12.9. The molecule has 0 saturated carbocycles. The van der Waals surface area contributed by atoms with Crippen LogP contribution in [0.25, 0.3) is 0 Å². The minimum Gasteiger partial charge on any atom is -0.324 e. The van der Waals surface area contributed by atoms with Crippen LogP contribution >= 0.6 is 0 Å². The molecule has 0 spiro atoms. The zero-order valence-corrected chi connectivity index (χ0v) is 12.9. The molecule has 0 bridgehead atoms. The first-order chi connectivity index (χ1) is 9.01. The Labute approximate surface area is 117 Å². The van der Waals surface area contributed by atoms with E-state index < -0.39 is 0 Å². The van der Waals surface area contributed by atoms with Crippen molar-refractivity contribution in [1.29, 1.82) is 0 Å². The number of piperidine rings is 1. The predicted octanol–water partition coefficient (Wildman–Crippen LogP) is 1.81. The third-order valence-corrected chi connectivity index (χ3v) is 5.02. The van der Waals surface area contributed by atoms with Crippen LogP contribution in [0.4, 0.5) is 0 Å². The van der Waals surface area contributed by atoms with E-state index in [1.807, 2.05) is 6.92 Å². The fraction of sp³-hybridized carbons (Fsp3) is 0.933. The Morgan fingerprint density at radius 2 is 2.11 bits per heavy atom. The molecular formula is C15H29N3O. The number of nitrogens with zero attached hydrogens (tertiary/aromatic N) is 2. The van der Waals surface area contributed by atoms with Crippen molar-refractivity contribution < 1.29 is 4.79 Å². The fourth-order valence-electron chi connectivity index (χ4n) is 3.35. The minimum atomic E-state index is -0.353. The van der Waals surface area contributed by atoms with Crippen molar-refractivity contribution >= 4 is 5.91 Å². The summed E-state index contributed by atoms with van der Waals surface area (Å²) in [6.45, 7) is 8.35. The number of hydrogen-bond donors (Lipinski definition) is 1. The molecule has 2 aliphatic heterocycles. The lowest BCUT2D eigenvalue weighted by Crippen LogP contribution is -2.48. The van der Waals surface area contributed by atoms with Crippen molar-refractivity contribution in [1.82, 2.24) is 15.1 Å². The number of amides is 1. The lowest BCUT2D eigenvalue weighted by Gasteiger charge is -2.36. The second-order valence-electron chi connectivity index (χ2n) is 6.34. The maximum absolute atomic E-state index is 12.7. The van der Waals surface area contributed by atoms with E-state index in [2.05, 4.69) is 36.0 Å². The molecule has 0 aliphatic carbocycles. The standard InChI is InChI=1S/C15H29N3O/c1-5-13-16-15(3,6-2)14(19)18(13)11-12-9-7-8-10-17(12)4/h12-13,16H,5-11H2,1-4H3. The van der Waals surface area contributed by atoms with Gasteiger partial charge in [0.25, 0.3) is 0 Å². The van der Waals surface area contributed by atoms with E-state index in [-0.39, 0.29) is 11.7 Å². The molecule has 4 nitrogen and oxygen atoms in total. The quantitative estimate of drug-likeness (QED) is 0.844. The SMILES string of the molecule is CCC1NC(C)(CC)C(=O)N1CC1CCCCN1C. The Bertz CT molecular complexity index is 333. The van der Waals surface area contributed by atoms with Gasteiger partial charge in [-0.15, -0.1) is 0 Å². The first kappa shape index (κ1) is 14.8. The molecule has 2 aliphatic rings. The Balaban J connectivity index is 2.07. The second-order valence-corrected chi connectivity index (χ2v) is 6.34. The van der Waals surface area contributed by atoms with Gasteiger partial charge in [-0.3, -0.25) is 10.1 Å². The molecule has 2 saturated heterocycles. The highest BCUT2D eigenvalue weighted by Gasteiger charge is 2.46. The fourth-order valence-corrected chi connectivity index (χ4v) is 3.35. The molecule has 0 radical (unpaired) electrons. The van der Waals surface area contributed by atoms with Crippen LogP contribution < -0.4 is 5.32 Å². The average Bonchev–Trinajstić information content (AvgIpc) is 2.66. The van der Waals surface area contributed by atoms with E-state index in [1.54, 1.807) is 0 Å². The molecule has 2 heterocycles. The van der Waals surface area contributed by atoms with Gasteiger partial charge in [0.2, 0.25) is 5.91 Å². The number of hydrogen-bond acceptors (Lipinski definition) is 3. The van der Waals surface area contributed by atoms with Crippen molar-refractivity contribution in [2.24, 2.45) is 0 Å².